The maximum atomic E-state index is 12.5. The highest BCUT2D eigenvalue weighted by atomic mass is 16.1. The minimum atomic E-state index is 0.174. The Bertz CT molecular complexity index is 879. The fourth-order valence-electron chi connectivity index (χ4n) is 3.16. The number of benzene rings is 2. The average molecular weight is 317 g/mol. The number of para-hydroxylation sites is 1. The molecule has 0 amide bonds. The molecule has 1 N–H and O–H groups in total. The minimum Gasteiger partial charge on any atom is -0.338 e. The highest BCUT2D eigenvalue weighted by Crippen LogP contribution is 2.31. The predicted octanol–water partition coefficient (Wildman–Crippen LogP) is 4.44. The summed E-state index contributed by atoms with van der Waals surface area (Å²) in [6.07, 6.45) is 2.35. The van der Waals surface area contributed by atoms with Gasteiger partial charge in [0.15, 0.2) is 11.6 Å². The summed E-state index contributed by atoms with van der Waals surface area (Å²) < 4.78 is 1.91. The van der Waals surface area contributed by atoms with Crippen LogP contribution in [0.2, 0.25) is 0 Å². The van der Waals surface area contributed by atoms with Gasteiger partial charge in [-0.25, -0.2) is 4.68 Å². The molecule has 2 aromatic carbocycles. The Hall–Kier alpha value is -2.88. The van der Waals surface area contributed by atoms with Gasteiger partial charge in [-0.3, -0.25) is 4.79 Å². The maximum Gasteiger partial charge on any atom is 0.168 e. The fourth-order valence-corrected chi connectivity index (χ4v) is 3.16. The summed E-state index contributed by atoms with van der Waals surface area (Å²) in [6, 6.07) is 18.1. The smallest absolute Gasteiger partial charge is 0.168 e. The molecule has 1 aliphatic rings. The monoisotopic (exact) mass is 317 g/mol. The summed E-state index contributed by atoms with van der Waals surface area (Å²) in [4.78, 5) is 12.5. The summed E-state index contributed by atoms with van der Waals surface area (Å²) in [7, 11) is 0. The number of aromatic nitrogens is 2. The topological polar surface area (TPSA) is 46.9 Å². The molecule has 0 bridgehead atoms. The van der Waals surface area contributed by atoms with E-state index >= 15 is 0 Å². The average Bonchev–Trinajstić information content (AvgIpc) is 2.98. The molecule has 4 rings (SSSR count). The van der Waals surface area contributed by atoms with Gasteiger partial charge in [0.05, 0.1) is 16.9 Å². The van der Waals surface area contributed by atoms with Gasteiger partial charge < -0.3 is 5.32 Å². The van der Waals surface area contributed by atoms with Crippen LogP contribution in [-0.4, -0.2) is 15.6 Å². The summed E-state index contributed by atoms with van der Waals surface area (Å²) in [5, 5.41) is 8.04. The molecule has 24 heavy (non-hydrogen) atoms. The van der Waals surface area contributed by atoms with Crippen molar-refractivity contribution in [3.8, 4) is 5.69 Å². The van der Waals surface area contributed by atoms with Crippen LogP contribution in [0.15, 0.2) is 54.6 Å². The predicted molar refractivity (Wildman–Crippen MR) is 95.3 cm³/mol. The molecule has 120 valence electrons. The lowest BCUT2D eigenvalue weighted by Crippen LogP contribution is -2.13. The molecule has 0 unspecified atom stereocenters. The van der Waals surface area contributed by atoms with E-state index in [-0.39, 0.29) is 5.78 Å². The van der Waals surface area contributed by atoms with Gasteiger partial charge in [-0.05, 0) is 44.0 Å². The Balaban J connectivity index is 1.80. The van der Waals surface area contributed by atoms with Crippen molar-refractivity contribution in [2.75, 3.05) is 5.32 Å². The van der Waals surface area contributed by atoms with E-state index in [0.29, 0.717) is 12.2 Å². The molecular weight excluding hydrogens is 298 g/mol. The van der Waals surface area contributed by atoms with Crippen LogP contribution >= 0.6 is 0 Å². The van der Waals surface area contributed by atoms with Gasteiger partial charge in [0, 0.05) is 12.1 Å². The van der Waals surface area contributed by atoms with Crippen molar-refractivity contribution < 1.29 is 4.79 Å². The van der Waals surface area contributed by atoms with Crippen molar-refractivity contribution in [2.24, 2.45) is 0 Å². The van der Waals surface area contributed by atoms with Gasteiger partial charge in [0.1, 0.15) is 0 Å². The molecule has 4 heteroatoms. The van der Waals surface area contributed by atoms with Crippen LogP contribution in [0.25, 0.3) is 5.69 Å². The third-order valence-electron chi connectivity index (χ3n) is 4.39. The second kappa shape index (κ2) is 5.96. The van der Waals surface area contributed by atoms with Crippen LogP contribution in [0.1, 0.15) is 34.5 Å². The number of hydrogen-bond donors (Lipinski definition) is 1. The van der Waals surface area contributed by atoms with Crippen LogP contribution in [0, 0.1) is 6.92 Å². The van der Waals surface area contributed by atoms with E-state index in [0.717, 1.165) is 35.5 Å². The van der Waals surface area contributed by atoms with Gasteiger partial charge in [-0.1, -0.05) is 35.9 Å². The van der Waals surface area contributed by atoms with Gasteiger partial charge in [-0.2, -0.15) is 0 Å². The molecular formula is C20H19N3O. The molecule has 0 spiro atoms. The number of fused-ring (bicyclic) bond motifs is 1. The number of carbonyl (C=O) groups is 1. The number of ketones is 1. The Morgan fingerprint density at radius 1 is 1.00 bits per heavy atom. The molecule has 0 atom stereocenters. The number of nitrogens with one attached hydrogen (secondary N) is 1. The number of anilines is 2. The minimum absolute atomic E-state index is 0.174. The largest absolute Gasteiger partial charge is 0.338 e. The fraction of sp³-hybridized carbons (Fsp3) is 0.200. The van der Waals surface area contributed by atoms with Gasteiger partial charge >= 0.3 is 0 Å². The highest BCUT2D eigenvalue weighted by molar-refractivity contribution is 6.03. The van der Waals surface area contributed by atoms with Crippen LogP contribution in [0.3, 0.4) is 0 Å². The van der Waals surface area contributed by atoms with E-state index in [1.807, 2.05) is 59.3 Å². The van der Waals surface area contributed by atoms with Crippen molar-refractivity contribution in [1.82, 2.24) is 9.78 Å². The number of Topliss-reactive ketones (excluding diaryl/α,β-unsaturated/α-hetero) is 1. The van der Waals surface area contributed by atoms with E-state index < -0.39 is 0 Å². The lowest BCUT2D eigenvalue weighted by Gasteiger charge is -2.13. The summed E-state index contributed by atoms with van der Waals surface area (Å²) in [5.41, 5.74) is 4.88. The quantitative estimate of drug-likeness (QED) is 0.776. The lowest BCUT2D eigenvalue weighted by atomic mass is 9.95. The molecule has 0 radical (unpaired) electrons. The Morgan fingerprint density at radius 3 is 2.50 bits per heavy atom. The number of aryl methyl sites for hydroxylation is 1. The molecule has 4 nitrogen and oxygen atoms in total. The van der Waals surface area contributed by atoms with E-state index in [4.69, 9.17) is 5.10 Å². The first-order valence-corrected chi connectivity index (χ1v) is 8.26. The van der Waals surface area contributed by atoms with Crippen LogP contribution in [0.5, 0.6) is 0 Å². The zero-order chi connectivity index (χ0) is 16.5. The van der Waals surface area contributed by atoms with E-state index in [2.05, 4.69) is 12.2 Å². The molecule has 0 fully saturated rings. The third-order valence-corrected chi connectivity index (χ3v) is 4.39. The zero-order valence-corrected chi connectivity index (χ0v) is 13.6. The van der Waals surface area contributed by atoms with Crippen LogP contribution in [-0.2, 0) is 6.42 Å². The first-order valence-electron chi connectivity index (χ1n) is 8.26. The molecule has 1 heterocycles. The first kappa shape index (κ1) is 14.7. The van der Waals surface area contributed by atoms with Gasteiger partial charge in [0.2, 0.25) is 0 Å². The standard InChI is InChI=1S/C20H19N3O/c1-14-10-12-15(13-11-14)21-20-19-17(8-5-9-18(19)24)23(22-20)16-6-3-2-4-7-16/h2-4,6-7,10-13H,5,8-9H2,1H3,(H,21,22). The Kier molecular flexibility index (Phi) is 3.65. The summed E-state index contributed by atoms with van der Waals surface area (Å²) >= 11 is 0. The van der Waals surface area contributed by atoms with E-state index in [1.165, 1.54) is 5.56 Å². The number of hydrogen-bond acceptors (Lipinski definition) is 3. The SMILES string of the molecule is Cc1ccc(Nc2nn(-c3ccccc3)c3c2C(=O)CCC3)cc1. The third kappa shape index (κ3) is 2.60. The molecule has 0 saturated carbocycles. The van der Waals surface area contributed by atoms with Crippen molar-refractivity contribution in [3.05, 3.63) is 71.4 Å². The van der Waals surface area contributed by atoms with Gasteiger partial charge in [0.25, 0.3) is 0 Å². The summed E-state index contributed by atoms with van der Waals surface area (Å²) in [5.74, 6) is 0.829. The van der Waals surface area contributed by atoms with Crippen LogP contribution in [0.4, 0.5) is 11.5 Å². The van der Waals surface area contributed by atoms with Crippen molar-refractivity contribution >= 4 is 17.3 Å². The molecule has 1 aromatic heterocycles. The molecule has 0 aliphatic heterocycles. The van der Waals surface area contributed by atoms with Crippen LogP contribution < -0.4 is 5.32 Å². The second-order valence-corrected chi connectivity index (χ2v) is 6.19. The normalized spacial score (nSPS) is 13.6. The van der Waals surface area contributed by atoms with Crippen molar-refractivity contribution in [1.29, 1.82) is 0 Å². The lowest BCUT2D eigenvalue weighted by molar-refractivity contribution is 0.0973. The van der Waals surface area contributed by atoms with Gasteiger partial charge in [-0.15, -0.1) is 5.10 Å². The van der Waals surface area contributed by atoms with Crippen molar-refractivity contribution in [3.63, 3.8) is 0 Å². The second-order valence-electron chi connectivity index (χ2n) is 6.19. The first-order chi connectivity index (χ1) is 11.7. The number of carbonyl (C=O) groups excluding carboxylic acids is 1. The van der Waals surface area contributed by atoms with Crippen molar-refractivity contribution in [2.45, 2.75) is 26.2 Å². The van der Waals surface area contributed by atoms with E-state index in [1.54, 1.807) is 0 Å². The number of rotatable bonds is 3. The molecule has 1 aliphatic carbocycles. The molecule has 3 aromatic rings. The zero-order valence-electron chi connectivity index (χ0n) is 13.6. The summed E-state index contributed by atoms with van der Waals surface area (Å²) in [6.45, 7) is 2.05. The maximum absolute atomic E-state index is 12.5. The highest BCUT2D eigenvalue weighted by Gasteiger charge is 2.27. The number of nitrogens with zero attached hydrogens (tertiary/aromatic N) is 2. The molecule has 0 saturated heterocycles. The Morgan fingerprint density at radius 2 is 1.75 bits per heavy atom. The Labute approximate surface area is 141 Å². The van der Waals surface area contributed by atoms with E-state index in [9.17, 15) is 4.79 Å².